The summed E-state index contributed by atoms with van der Waals surface area (Å²) in [6.07, 6.45) is 0.232. The second-order valence-corrected chi connectivity index (χ2v) is 3.94. The van der Waals surface area contributed by atoms with Crippen LogP contribution in [-0.2, 0) is 4.79 Å². The van der Waals surface area contributed by atoms with E-state index in [0.29, 0.717) is 12.5 Å². The van der Waals surface area contributed by atoms with Gasteiger partial charge in [0, 0.05) is 19.5 Å². The smallest absolute Gasteiger partial charge is 0.292 e. The first kappa shape index (κ1) is 13.1. The summed E-state index contributed by atoms with van der Waals surface area (Å²) >= 11 is 0. The fourth-order valence-corrected chi connectivity index (χ4v) is 1.03. The first-order valence-corrected chi connectivity index (χ1v) is 5.38. The molecule has 0 atom stereocenters. The van der Waals surface area contributed by atoms with Crippen molar-refractivity contribution in [2.75, 3.05) is 13.1 Å². The molecule has 17 heavy (non-hydrogen) atoms. The molecule has 1 heterocycles. The molecule has 0 bridgehead atoms. The van der Waals surface area contributed by atoms with E-state index in [1.807, 2.05) is 13.8 Å². The first-order valence-electron chi connectivity index (χ1n) is 5.38. The lowest BCUT2D eigenvalue weighted by atomic mass is 10.2. The molecule has 0 aliphatic heterocycles. The van der Waals surface area contributed by atoms with E-state index in [1.54, 1.807) is 0 Å². The molecule has 8 nitrogen and oxygen atoms in total. The molecular weight excluding hydrogens is 224 g/mol. The highest BCUT2D eigenvalue weighted by molar-refractivity contribution is 5.90. The van der Waals surface area contributed by atoms with Gasteiger partial charge in [0.05, 0.1) is 0 Å². The van der Waals surface area contributed by atoms with Gasteiger partial charge in [0.25, 0.3) is 11.7 Å². The number of aromatic nitrogens is 4. The van der Waals surface area contributed by atoms with Crippen molar-refractivity contribution >= 4 is 11.8 Å². The molecule has 0 radical (unpaired) electrons. The van der Waals surface area contributed by atoms with Gasteiger partial charge in [-0.05, 0) is 11.1 Å². The van der Waals surface area contributed by atoms with Gasteiger partial charge < -0.3 is 10.6 Å². The van der Waals surface area contributed by atoms with E-state index in [4.69, 9.17) is 0 Å². The Morgan fingerprint density at radius 3 is 2.71 bits per heavy atom. The lowest BCUT2D eigenvalue weighted by Crippen LogP contribution is -2.32. The maximum atomic E-state index is 11.3. The summed E-state index contributed by atoms with van der Waals surface area (Å²) in [7, 11) is 0. The standard InChI is InChI=1S/C9H16N6O2/c1-6(2)5-11-7(16)3-4-10-9(17)8-12-14-15-13-8/h6H,3-5H2,1-2H3,(H,10,17)(H,11,16)(H,12,13,14,15). The number of carbonyl (C=O) groups excluding carboxylic acids is 2. The summed E-state index contributed by atoms with van der Waals surface area (Å²) in [5.41, 5.74) is 0. The number of tetrazole rings is 1. The molecule has 1 aromatic heterocycles. The third kappa shape index (κ3) is 5.05. The van der Waals surface area contributed by atoms with Gasteiger partial charge in [-0.3, -0.25) is 9.59 Å². The molecule has 0 aliphatic rings. The van der Waals surface area contributed by atoms with E-state index >= 15 is 0 Å². The first-order chi connectivity index (χ1) is 8.09. The van der Waals surface area contributed by atoms with E-state index in [2.05, 4.69) is 31.3 Å². The van der Waals surface area contributed by atoms with Crippen LogP contribution >= 0.6 is 0 Å². The summed E-state index contributed by atoms with van der Waals surface area (Å²) in [5, 5.41) is 17.7. The highest BCUT2D eigenvalue weighted by atomic mass is 16.2. The van der Waals surface area contributed by atoms with Crippen LogP contribution in [0.15, 0.2) is 0 Å². The van der Waals surface area contributed by atoms with Crippen LogP contribution in [0.5, 0.6) is 0 Å². The maximum absolute atomic E-state index is 11.3. The number of hydrogen-bond acceptors (Lipinski definition) is 5. The molecule has 1 aromatic rings. The third-order valence-corrected chi connectivity index (χ3v) is 1.89. The summed E-state index contributed by atoms with van der Waals surface area (Å²) in [4.78, 5) is 22.6. The van der Waals surface area contributed by atoms with Gasteiger partial charge in [-0.1, -0.05) is 13.8 Å². The number of aromatic amines is 1. The Balaban J connectivity index is 2.15. The minimum atomic E-state index is -0.449. The van der Waals surface area contributed by atoms with Crippen molar-refractivity contribution in [3.63, 3.8) is 0 Å². The summed E-state index contributed by atoms with van der Waals surface area (Å²) in [6.45, 7) is 4.91. The molecule has 2 amide bonds. The van der Waals surface area contributed by atoms with Gasteiger partial charge in [0.1, 0.15) is 0 Å². The van der Waals surface area contributed by atoms with Crippen LogP contribution in [0.2, 0.25) is 0 Å². The van der Waals surface area contributed by atoms with Crippen LogP contribution in [0.4, 0.5) is 0 Å². The Kier molecular flexibility index (Phi) is 5.05. The van der Waals surface area contributed by atoms with Crippen molar-refractivity contribution in [3.05, 3.63) is 5.82 Å². The molecule has 1 rings (SSSR count). The van der Waals surface area contributed by atoms with Crippen LogP contribution in [0.25, 0.3) is 0 Å². The normalized spacial score (nSPS) is 10.3. The van der Waals surface area contributed by atoms with Gasteiger partial charge in [-0.15, -0.1) is 10.2 Å². The quantitative estimate of drug-likeness (QED) is 0.596. The molecule has 0 saturated heterocycles. The summed E-state index contributed by atoms with van der Waals surface area (Å²) < 4.78 is 0. The predicted molar refractivity (Wildman–Crippen MR) is 59.0 cm³/mol. The topological polar surface area (TPSA) is 113 Å². The van der Waals surface area contributed by atoms with Crippen LogP contribution in [0, 0.1) is 5.92 Å². The number of nitrogens with one attached hydrogen (secondary N) is 3. The largest absolute Gasteiger partial charge is 0.356 e. The van der Waals surface area contributed by atoms with Crippen molar-refractivity contribution < 1.29 is 9.59 Å². The second-order valence-electron chi connectivity index (χ2n) is 3.94. The minimum absolute atomic E-state index is 0.0346. The van der Waals surface area contributed by atoms with Gasteiger partial charge in [0.15, 0.2) is 0 Å². The molecule has 94 valence electrons. The number of carbonyl (C=O) groups is 2. The molecule has 0 unspecified atom stereocenters. The minimum Gasteiger partial charge on any atom is -0.356 e. The zero-order chi connectivity index (χ0) is 12.7. The molecule has 0 aliphatic carbocycles. The highest BCUT2D eigenvalue weighted by Crippen LogP contribution is 1.88. The molecule has 8 heteroatoms. The number of nitrogens with zero attached hydrogens (tertiary/aromatic N) is 3. The molecule has 3 N–H and O–H groups in total. The van der Waals surface area contributed by atoms with E-state index < -0.39 is 5.91 Å². The summed E-state index contributed by atoms with van der Waals surface area (Å²) in [6, 6.07) is 0. The summed E-state index contributed by atoms with van der Waals surface area (Å²) in [5.74, 6) is -0.164. The molecule has 0 fully saturated rings. The van der Waals surface area contributed by atoms with Crippen molar-refractivity contribution in [1.82, 2.24) is 31.3 Å². The predicted octanol–water partition coefficient (Wildman–Crippen LogP) is -0.908. The second kappa shape index (κ2) is 6.56. The van der Waals surface area contributed by atoms with E-state index in [-0.39, 0.29) is 24.7 Å². The lowest BCUT2D eigenvalue weighted by Gasteiger charge is -2.07. The van der Waals surface area contributed by atoms with Crippen LogP contribution in [-0.4, -0.2) is 45.5 Å². The Bertz CT molecular complexity index is 362. The number of rotatable bonds is 6. The molecule has 0 spiro atoms. The Hall–Kier alpha value is -1.99. The van der Waals surface area contributed by atoms with Gasteiger partial charge in [-0.25, -0.2) is 0 Å². The molecular formula is C9H16N6O2. The monoisotopic (exact) mass is 240 g/mol. The Labute approximate surface area is 98.5 Å². The SMILES string of the molecule is CC(C)CNC(=O)CCNC(=O)c1nn[nH]n1. The fraction of sp³-hybridized carbons (Fsp3) is 0.667. The van der Waals surface area contributed by atoms with Gasteiger partial charge >= 0.3 is 0 Å². The lowest BCUT2D eigenvalue weighted by molar-refractivity contribution is -0.121. The van der Waals surface area contributed by atoms with Crippen LogP contribution in [0.3, 0.4) is 0 Å². The third-order valence-electron chi connectivity index (χ3n) is 1.89. The Morgan fingerprint density at radius 2 is 2.12 bits per heavy atom. The highest BCUT2D eigenvalue weighted by Gasteiger charge is 2.10. The van der Waals surface area contributed by atoms with Gasteiger partial charge in [0.2, 0.25) is 5.91 Å². The number of amides is 2. The van der Waals surface area contributed by atoms with E-state index in [9.17, 15) is 9.59 Å². The van der Waals surface area contributed by atoms with Crippen LogP contribution in [0.1, 0.15) is 30.9 Å². The van der Waals surface area contributed by atoms with Crippen molar-refractivity contribution in [2.24, 2.45) is 5.92 Å². The molecule has 0 saturated carbocycles. The van der Waals surface area contributed by atoms with Crippen molar-refractivity contribution in [1.29, 1.82) is 0 Å². The number of H-pyrrole nitrogens is 1. The fourth-order valence-electron chi connectivity index (χ4n) is 1.03. The van der Waals surface area contributed by atoms with Gasteiger partial charge in [-0.2, -0.15) is 5.21 Å². The average Bonchev–Trinajstić information content (AvgIpc) is 2.79. The van der Waals surface area contributed by atoms with E-state index in [1.165, 1.54) is 0 Å². The Morgan fingerprint density at radius 1 is 1.35 bits per heavy atom. The zero-order valence-corrected chi connectivity index (χ0v) is 9.86. The maximum Gasteiger partial charge on any atom is 0.292 e. The van der Waals surface area contributed by atoms with Crippen molar-refractivity contribution in [3.8, 4) is 0 Å². The number of hydrogen-bond donors (Lipinski definition) is 3. The van der Waals surface area contributed by atoms with E-state index in [0.717, 1.165) is 0 Å². The van der Waals surface area contributed by atoms with Crippen LogP contribution < -0.4 is 10.6 Å². The molecule has 0 aromatic carbocycles. The van der Waals surface area contributed by atoms with Crippen molar-refractivity contribution in [2.45, 2.75) is 20.3 Å². The average molecular weight is 240 g/mol. The zero-order valence-electron chi connectivity index (χ0n) is 9.86.